The van der Waals surface area contributed by atoms with E-state index in [9.17, 15) is 9.18 Å². The zero-order valence-corrected chi connectivity index (χ0v) is 10.5. The molecule has 1 rings (SSSR count). The Morgan fingerprint density at radius 3 is 2.86 bits per heavy atom. The third-order valence-corrected chi connectivity index (χ3v) is 3.42. The minimum atomic E-state index is -0.653. The fraction of sp³-hybridized carbons (Fsp3) is 0.222. The van der Waals surface area contributed by atoms with E-state index in [0.717, 1.165) is 0 Å². The van der Waals surface area contributed by atoms with E-state index in [4.69, 9.17) is 11.6 Å². The molecule has 0 bridgehead atoms. The number of halogens is 3. The topological polar surface area (TPSA) is 17.1 Å². The maximum Gasteiger partial charge on any atom is 0.175 e. The van der Waals surface area contributed by atoms with Crippen molar-refractivity contribution in [1.82, 2.24) is 0 Å². The number of carbonyl (C=O) groups is 1. The molecular formula is C9H7BrClFOS. The van der Waals surface area contributed by atoms with Crippen molar-refractivity contribution in [2.45, 2.75) is 0 Å². The summed E-state index contributed by atoms with van der Waals surface area (Å²) in [5, 5.41) is -0.0445. The Kier molecular flexibility index (Phi) is 4.41. The highest BCUT2D eigenvalue weighted by Crippen LogP contribution is 2.27. The summed E-state index contributed by atoms with van der Waals surface area (Å²) in [5.41, 5.74) is 0.0487. The molecule has 76 valence electrons. The SMILES string of the molecule is CSCC(=O)c1ccc(Br)c(Cl)c1F. The molecule has 5 heteroatoms. The predicted octanol–water partition coefficient (Wildman–Crippen LogP) is 3.79. The first kappa shape index (κ1) is 12.0. The van der Waals surface area contributed by atoms with E-state index in [-0.39, 0.29) is 22.1 Å². The molecule has 14 heavy (non-hydrogen) atoms. The molecule has 0 heterocycles. The Balaban J connectivity index is 3.11. The van der Waals surface area contributed by atoms with Crippen LogP contribution in [0.3, 0.4) is 0 Å². The van der Waals surface area contributed by atoms with Gasteiger partial charge < -0.3 is 0 Å². The van der Waals surface area contributed by atoms with Crippen molar-refractivity contribution in [2.24, 2.45) is 0 Å². The molecule has 0 unspecified atom stereocenters. The maximum absolute atomic E-state index is 13.4. The number of hydrogen-bond donors (Lipinski definition) is 0. The standard InChI is InChI=1S/C9H7BrClFOS/c1-14-4-7(13)5-2-3-6(10)8(11)9(5)12/h2-3H,4H2,1H3. The summed E-state index contributed by atoms with van der Waals surface area (Å²) in [6.07, 6.45) is 1.79. The highest BCUT2D eigenvalue weighted by Gasteiger charge is 2.15. The van der Waals surface area contributed by atoms with Crippen molar-refractivity contribution in [3.63, 3.8) is 0 Å². The van der Waals surface area contributed by atoms with Gasteiger partial charge in [-0.15, -0.1) is 0 Å². The fourth-order valence-electron chi connectivity index (χ4n) is 0.950. The molecule has 0 spiro atoms. The molecule has 0 aliphatic rings. The fourth-order valence-corrected chi connectivity index (χ4v) is 1.84. The molecular weight excluding hydrogens is 291 g/mol. The van der Waals surface area contributed by atoms with Crippen LogP contribution in [0.1, 0.15) is 10.4 Å². The minimum absolute atomic E-state index is 0.0445. The van der Waals surface area contributed by atoms with E-state index in [2.05, 4.69) is 15.9 Å². The lowest BCUT2D eigenvalue weighted by molar-refractivity contribution is 0.101. The summed E-state index contributed by atoms with van der Waals surface area (Å²) in [7, 11) is 0. The average molecular weight is 298 g/mol. The largest absolute Gasteiger partial charge is 0.293 e. The van der Waals surface area contributed by atoms with E-state index >= 15 is 0 Å². The van der Waals surface area contributed by atoms with Gasteiger partial charge in [-0.05, 0) is 34.3 Å². The van der Waals surface area contributed by atoms with Gasteiger partial charge in [0.1, 0.15) is 0 Å². The van der Waals surface area contributed by atoms with Crippen LogP contribution in [0, 0.1) is 5.82 Å². The molecule has 1 aromatic carbocycles. The monoisotopic (exact) mass is 296 g/mol. The first-order valence-electron chi connectivity index (χ1n) is 3.73. The summed E-state index contributed by atoms with van der Waals surface area (Å²) >= 11 is 10.1. The van der Waals surface area contributed by atoms with Crippen molar-refractivity contribution < 1.29 is 9.18 Å². The van der Waals surface area contributed by atoms with Crippen LogP contribution < -0.4 is 0 Å². The maximum atomic E-state index is 13.4. The lowest BCUT2D eigenvalue weighted by Gasteiger charge is -2.03. The zero-order chi connectivity index (χ0) is 10.7. The lowest BCUT2D eigenvalue weighted by atomic mass is 10.1. The number of Topliss-reactive ketones (excluding diaryl/α,β-unsaturated/α-hetero) is 1. The third-order valence-electron chi connectivity index (χ3n) is 1.61. The number of carbonyl (C=O) groups excluding carboxylic acids is 1. The highest BCUT2D eigenvalue weighted by atomic mass is 79.9. The Labute approximate surface area is 99.1 Å². The molecule has 0 aliphatic heterocycles. The molecule has 0 aromatic heterocycles. The van der Waals surface area contributed by atoms with Gasteiger partial charge in [0.25, 0.3) is 0 Å². The Morgan fingerprint density at radius 2 is 2.29 bits per heavy atom. The predicted molar refractivity (Wildman–Crippen MR) is 61.8 cm³/mol. The summed E-state index contributed by atoms with van der Waals surface area (Å²) < 4.78 is 13.9. The molecule has 0 N–H and O–H groups in total. The van der Waals surface area contributed by atoms with Crippen LogP contribution in [-0.4, -0.2) is 17.8 Å². The normalized spacial score (nSPS) is 10.3. The van der Waals surface area contributed by atoms with Gasteiger partial charge in [-0.2, -0.15) is 11.8 Å². The van der Waals surface area contributed by atoms with E-state index < -0.39 is 5.82 Å². The third kappa shape index (κ3) is 2.49. The van der Waals surface area contributed by atoms with Crippen LogP contribution in [0.5, 0.6) is 0 Å². The van der Waals surface area contributed by atoms with E-state index in [1.807, 2.05) is 0 Å². The van der Waals surface area contributed by atoms with E-state index in [1.165, 1.54) is 17.8 Å². The van der Waals surface area contributed by atoms with Crippen LogP contribution in [0.4, 0.5) is 4.39 Å². The molecule has 0 saturated carbocycles. The Morgan fingerprint density at radius 1 is 1.64 bits per heavy atom. The second-order valence-corrected chi connectivity index (χ2v) is 4.68. The van der Waals surface area contributed by atoms with Crippen molar-refractivity contribution in [1.29, 1.82) is 0 Å². The van der Waals surface area contributed by atoms with Gasteiger partial charge in [0, 0.05) is 4.47 Å². The lowest BCUT2D eigenvalue weighted by Crippen LogP contribution is -2.05. The summed E-state index contributed by atoms with van der Waals surface area (Å²) in [5.74, 6) is -0.640. The van der Waals surface area contributed by atoms with Gasteiger partial charge in [0.15, 0.2) is 11.6 Å². The minimum Gasteiger partial charge on any atom is -0.293 e. The van der Waals surface area contributed by atoms with Crippen LogP contribution in [0.2, 0.25) is 5.02 Å². The number of hydrogen-bond acceptors (Lipinski definition) is 2. The van der Waals surface area contributed by atoms with Gasteiger partial charge in [0.05, 0.1) is 16.3 Å². The highest BCUT2D eigenvalue weighted by molar-refractivity contribution is 9.10. The van der Waals surface area contributed by atoms with Crippen LogP contribution in [0.15, 0.2) is 16.6 Å². The van der Waals surface area contributed by atoms with Crippen LogP contribution >= 0.6 is 39.3 Å². The molecule has 0 atom stereocenters. The summed E-state index contributed by atoms with van der Waals surface area (Å²) in [6, 6.07) is 3.00. The second-order valence-electron chi connectivity index (χ2n) is 2.58. The van der Waals surface area contributed by atoms with Gasteiger partial charge in [-0.3, -0.25) is 4.79 Å². The van der Waals surface area contributed by atoms with Crippen molar-refractivity contribution >= 4 is 45.1 Å². The van der Waals surface area contributed by atoms with Crippen LogP contribution in [-0.2, 0) is 0 Å². The molecule has 0 amide bonds. The van der Waals surface area contributed by atoms with Gasteiger partial charge >= 0.3 is 0 Å². The number of rotatable bonds is 3. The number of thioether (sulfide) groups is 1. The van der Waals surface area contributed by atoms with Crippen molar-refractivity contribution in [2.75, 3.05) is 12.0 Å². The quantitative estimate of drug-likeness (QED) is 0.624. The van der Waals surface area contributed by atoms with Crippen LogP contribution in [0.25, 0.3) is 0 Å². The summed E-state index contributed by atoms with van der Waals surface area (Å²) in [6.45, 7) is 0. The molecule has 1 aromatic rings. The molecule has 0 radical (unpaired) electrons. The van der Waals surface area contributed by atoms with Crippen molar-refractivity contribution in [3.05, 3.63) is 33.0 Å². The molecule has 0 aliphatic carbocycles. The Bertz CT molecular complexity index is 370. The first-order valence-corrected chi connectivity index (χ1v) is 6.30. The second kappa shape index (κ2) is 5.14. The number of ketones is 1. The number of benzene rings is 1. The van der Waals surface area contributed by atoms with E-state index in [1.54, 1.807) is 12.3 Å². The zero-order valence-electron chi connectivity index (χ0n) is 7.31. The van der Waals surface area contributed by atoms with Gasteiger partial charge in [-0.25, -0.2) is 4.39 Å². The molecule has 0 fully saturated rings. The molecule has 0 saturated heterocycles. The smallest absolute Gasteiger partial charge is 0.175 e. The molecule has 1 nitrogen and oxygen atoms in total. The first-order chi connectivity index (χ1) is 6.57. The Hall–Kier alpha value is -0.0600. The van der Waals surface area contributed by atoms with E-state index in [0.29, 0.717) is 4.47 Å². The average Bonchev–Trinajstić information content (AvgIpc) is 2.15. The van der Waals surface area contributed by atoms with Crippen molar-refractivity contribution in [3.8, 4) is 0 Å². The summed E-state index contributed by atoms with van der Waals surface area (Å²) in [4.78, 5) is 11.4. The van der Waals surface area contributed by atoms with Gasteiger partial charge in [0.2, 0.25) is 0 Å². The van der Waals surface area contributed by atoms with Gasteiger partial charge in [-0.1, -0.05) is 11.6 Å².